The highest BCUT2D eigenvalue weighted by molar-refractivity contribution is 9.10. The Morgan fingerprint density at radius 2 is 1.85 bits per heavy atom. The molecular formula is C18H14BrF2N3O2. The van der Waals surface area contributed by atoms with Crippen molar-refractivity contribution in [1.29, 1.82) is 0 Å². The molecule has 0 unspecified atom stereocenters. The van der Waals surface area contributed by atoms with E-state index in [0.29, 0.717) is 11.8 Å². The molecule has 3 amide bonds. The van der Waals surface area contributed by atoms with Crippen LogP contribution in [0.3, 0.4) is 0 Å². The minimum absolute atomic E-state index is 0.00144. The third kappa shape index (κ3) is 3.75. The molecule has 0 spiro atoms. The van der Waals surface area contributed by atoms with Crippen LogP contribution < -0.4 is 16.0 Å². The first-order valence-electron chi connectivity index (χ1n) is 7.65. The van der Waals surface area contributed by atoms with Crippen LogP contribution in [0.15, 0.2) is 58.2 Å². The molecule has 2 aromatic carbocycles. The molecule has 1 heterocycles. The van der Waals surface area contributed by atoms with E-state index in [9.17, 15) is 18.4 Å². The maximum absolute atomic E-state index is 14.2. The summed E-state index contributed by atoms with van der Waals surface area (Å²) < 4.78 is 28.3. The fourth-order valence-electron chi connectivity index (χ4n) is 2.70. The van der Waals surface area contributed by atoms with E-state index in [2.05, 4.69) is 31.9 Å². The Bertz CT molecular complexity index is 913. The molecule has 5 nitrogen and oxygen atoms in total. The Morgan fingerprint density at radius 3 is 2.50 bits per heavy atom. The number of amides is 3. The standard InChI is InChI=1S/C18H14BrF2N3O2/c1-9-15(17(25)23-12-5-2-10(19)3-6-12)16(24-18(26)22-9)13-7-4-11(20)8-14(13)21/h2-8,16H,1H3,(H,23,25)(H2,22,24,26)/t16-/m0/s1. The van der Waals surface area contributed by atoms with E-state index in [-0.39, 0.29) is 16.8 Å². The molecule has 0 radical (unpaired) electrons. The summed E-state index contributed by atoms with van der Waals surface area (Å²) in [6.07, 6.45) is 0. The number of urea groups is 1. The highest BCUT2D eigenvalue weighted by atomic mass is 79.9. The number of halogens is 3. The average molecular weight is 422 g/mol. The van der Waals surface area contributed by atoms with Crippen LogP contribution >= 0.6 is 15.9 Å². The van der Waals surface area contributed by atoms with E-state index in [1.54, 1.807) is 31.2 Å². The number of nitrogens with one attached hydrogen (secondary N) is 3. The Balaban J connectivity index is 1.97. The fraction of sp³-hybridized carbons (Fsp3) is 0.111. The van der Waals surface area contributed by atoms with Gasteiger partial charge in [0.1, 0.15) is 11.6 Å². The van der Waals surface area contributed by atoms with Gasteiger partial charge in [-0.25, -0.2) is 13.6 Å². The second-order valence-corrected chi connectivity index (χ2v) is 6.61. The third-order valence-corrected chi connectivity index (χ3v) is 4.42. The van der Waals surface area contributed by atoms with Gasteiger partial charge in [0.05, 0.1) is 11.6 Å². The van der Waals surface area contributed by atoms with Crippen molar-refractivity contribution in [3.63, 3.8) is 0 Å². The number of hydrogen-bond donors (Lipinski definition) is 3. The quantitative estimate of drug-likeness (QED) is 0.700. The molecule has 0 saturated heterocycles. The molecule has 0 aromatic heterocycles. The normalized spacial score (nSPS) is 16.8. The van der Waals surface area contributed by atoms with E-state index in [1.165, 1.54) is 6.07 Å². The summed E-state index contributed by atoms with van der Waals surface area (Å²) in [4.78, 5) is 24.6. The minimum atomic E-state index is -1.04. The lowest BCUT2D eigenvalue weighted by Gasteiger charge is -2.29. The lowest BCUT2D eigenvalue weighted by atomic mass is 9.94. The van der Waals surface area contributed by atoms with Gasteiger partial charge in [0, 0.05) is 27.5 Å². The highest BCUT2D eigenvalue weighted by Gasteiger charge is 2.32. The molecule has 2 aromatic rings. The Kier molecular flexibility index (Phi) is 5.03. The zero-order chi connectivity index (χ0) is 18.8. The molecule has 3 rings (SSSR count). The van der Waals surface area contributed by atoms with Gasteiger partial charge in [-0.3, -0.25) is 4.79 Å². The van der Waals surface area contributed by atoms with Crippen LogP contribution in [0, 0.1) is 11.6 Å². The van der Waals surface area contributed by atoms with Crippen LogP contribution in [-0.2, 0) is 4.79 Å². The largest absolute Gasteiger partial charge is 0.327 e. The number of anilines is 1. The summed E-state index contributed by atoms with van der Waals surface area (Å²) in [5, 5.41) is 7.72. The summed E-state index contributed by atoms with van der Waals surface area (Å²) in [6, 6.07) is 8.29. The monoisotopic (exact) mass is 421 g/mol. The summed E-state index contributed by atoms with van der Waals surface area (Å²) >= 11 is 3.31. The van der Waals surface area contributed by atoms with Gasteiger partial charge in [0.15, 0.2) is 0 Å². The number of carbonyl (C=O) groups is 2. The van der Waals surface area contributed by atoms with Gasteiger partial charge < -0.3 is 16.0 Å². The van der Waals surface area contributed by atoms with Crippen LogP contribution in [0.1, 0.15) is 18.5 Å². The summed E-state index contributed by atoms with van der Waals surface area (Å²) in [6.45, 7) is 1.55. The molecule has 0 saturated carbocycles. The van der Waals surface area contributed by atoms with Crippen LogP contribution in [0.25, 0.3) is 0 Å². The first kappa shape index (κ1) is 18.1. The van der Waals surface area contributed by atoms with Crippen LogP contribution in [0.2, 0.25) is 0 Å². The van der Waals surface area contributed by atoms with Gasteiger partial charge >= 0.3 is 6.03 Å². The van der Waals surface area contributed by atoms with E-state index in [4.69, 9.17) is 0 Å². The van der Waals surface area contributed by atoms with Crippen LogP contribution in [-0.4, -0.2) is 11.9 Å². The molecule has 8 heteroatoms. The maximum Gasteiger partial charge on any atom is 0.319 e. The zero-order valence-electron chi connectivity index (χ0n) is 13.6. The van der Waals surface area contributed by atoms with Gasteiger partial charge in [0.25, 0.3) is 5.91 Å². The Labute approximate surface area is 156 Å². The van der Waals surface area contributed by atoms with Crippen molar-refractivity contribution in [2.45, 2.75) is 13.0 Å². The maximum atomic E-state index is 14.2. The van der Waals surface area contributed by atoms with E-state index >= 15 is 0 Å². The van der Waals surface area contributed by atoms with Crippen LogP contribution in [0.5, 0.6) is 0 Å². The van der Waals surface area contributed by atoms with Gasteiger partial charge in [-0.1, -0.05) is 22.0 Å². The number of rotatable bonds is 3. The topological polar surface area (TPSA) is 70.2 Å². The molecule has 0 aliphatic carbocycles. The Morgan fingerprint density at radius 1 is 1.15 bits per heavy atom. The first-order chi connectivity index (χ1) is 12.3. The van der Waals surface area contributed by atoms with E-state index < -0.39 is 29.6 Å². The second kappa shape index (κ2) is 7.25. The predicted octanol–water partition coefficient (Wildman–Crippen LogP) is 3.99. The van der Waals surface area contributed by atoms with Crippen molar-refractivity contribution < 1.29 is 18.4 Å². The fourth-order valence-corrected chi connectivity index (χ4v) is 2.96. The average Bonchev–Trinajstić information content (AvgIpc) is 2.56. The highest BCUT2D eigenvalue weighted by Crippen LogP contribution is 2.30. The van der Waals surface area contributed by atoms with E-state index in [0.717, 1.165) is 10.5 Å². The van der Waals surface area contributed by atoms with Crippen molar-refractivity contribution in [3.8, 4) is 0 Å². The van der Waals surface area contributed by atoms with Gasteiger partial charge in [-0.15, -0.1) is 0 Å². The molecule has 0 bridgehead atoms. The molecule has 1 aliphatic rings. The van der Waals surface area contributed by atoms with Crippen molar-refractivity contribution in [2.24, 2.45) is 0 Å². The van der Waals surface area contributed by atoms with Crippen LogP contribution in [0.4, 0.5) is 19.3 Å². The third-order valence-electron chi connectivity index (χ3n) is 3.89. The molecule has 1 aliphatic heterocycles. The lowest BCUT2D eigenvalue weighted by Crippen LogP contribution is -2.46. The first-order valence-corrected chi connectivity index (χ1v) is 8.44. The lowest BCUT2D eigenvalue weighted by molar-refractivity contribution is -0.113. The summed E-state index contributed by atoms with van der Waals surface area (Å²) in [5.74, 6) is -2.10. The van der Waals surface area contributed by atoms with Crippen molar-refractivity contribution in [2.75, 3.05) is 5.32 Å². The minimum Gasteiger partial charge on any atom is -0.327 e. The zero-order valence-corrected chi connectivity index (χ0v) is 15.2. The van der Waals surface area contributed by atoms with Gasteiger partial charge in [-0.2, -0.15) is 0 Å². The molecule has 134 valence electrons. The number of hydrogen-bond acceptors (Lipinski definition) is 2. The summed E-state index contributed by atoms with van der Waals surface area (Å²) in [7, 11) is 0. The second-order valence-electron chi connectivity index (χ2n) is 5.70. The predicted molar refractivity (Wildman–Crippen MR) is 96.2 cm³/mol. The van der Waals surface area contributed by atoms with Crippen molar-refractivity contribution in [1.82, 2.24) is 10.6 Å². The number of carbonyl (C=O) groups excluding carboxylic acids is 2. The van der Waals surface area contributed by atoms with Crippen molar-refractivity contribution in [3.05, 3.63) is 75.4 Å². The Hall–Kier alpha value is -2.74. The smallest absolute Gasteiger partial charge is 0.319 e. The van der Waals surface area contributed by atoms with Gasteiger partial charge in [0.2, 0.25) is 0 Å². The van der Waals surface area contributed by atoms with Gasteiger partial charge in [-0.05, 0) is 37.3 Å². The molecule has 1 atom stereocenters. The molecule has 3 N–H and O–H groups in total. The number of allylic oxidation sites excluding steroid dienone is 1. The molecular weight excluding hydrogens is 408 g/mol. The number of benzene rings is 2. The summed E-state index contributed by atoms with van der Waals surface area (Å²) in [5.41, 5.74) is 0.963. The molecule has 26 heavy (non-hydrogen) atoms. The SMILES string of the molecule is CC1=C(C(=O)Nc2ccc(Br)cc2)[C@H](c2ccc(F)cc2F)NC(=O)N1. The molecule has 0 fully saturated rings. The van der Waals surface area contributed by atoms with E-state index in [1.807, 2.05) is 0 Å². The van der Waals surface area contributed by atoms with Crippen molar-refractivity contribution >= 4 is 33.6 Å².